The summed E-state index contributed by atoms with van der Waals surface area (Å²) in [7, 11) is 1.50. The molecular weight excluding hydrogens is 199 g/mol. The number of hydrogen-bond acceptors (Lipinski definition) is 3. The lowest BCUT2D eigenvalue weighted by Gasteiger charge is -2.05. The zero-order valence-corrected chi connectivity index (χ0v) is 8.75. The second kappa shape index (κ2) is 5.46. The molecule has 3 nitrogen and oxygen atoms in total. The third kappa shape index (κ3) is 3.02. The van der Waals surface area contributed by atoms with Gasteiger partial charge in [0.2, 0.25) is 0 Å². The van der Waals surface area contributed by atoms with Crippen LogP contribution in [-0.4, -0.2) is 26.3 Å². The van der Waals surface area contributed by atoms with Crippen molar-refractivity contribution in [2.45, 2.75) is 6.92 Å². The molecule has 0 atom stereocenters. The zero-order chi connectivity index (χ0) is 11.3. The van der Waals surface area contributed by atoms with E-state index in [1.807, 2.05) is 0 Å². The van der Waals surface area contributed by atoms with Crippen LogP contribution in [0.1, 0.15) is 15.9 Å². The number of aryl methyl sites for hydroxylation is 1. The first-order chi connectivity index (χ1) is 7.16. The van der Waals surface area contributed by atoms with Crippen LogP contribution in [0.25, 0.3) is 0 Å². The molecule has 0 spiro atoms. The highest BCUT2D eigenvalue weighted by atomic mass is 19.1. The minimum atomic E-state index is -0.659. The van der Waals surface area contributed by atoms with Crippen LogP contribution in [0.15, 0.2) is 18.2 Å². The van der Waals surface area contributed by atoms with Crippen LogP contribution in [0.3, 0.4) is 0 Å². The summed E-state index contributed by atoms with van der Waals surface area (Å²) in [6.07, 6.45) is 0. The fourth-order valence-corrected chi connectivity index (χ4v) is 1.10. The fraction of sp³-hybridized carbons (Fsp3) is 0.364. The smallest absolute Gasteiger partial charge is 0.341 e. The minimum absolute atomic E-state index is 0.0360. The molecule has 15 heavy (non-hydrogen) atoms. The Morgan fingerprint density at radius 2 is 2.13 bits per heavy atom. The minimum Gasteiger partial charge on any atom is -0.460 e. The topological polar surface area (TPSA) is 35.5 Å². The first kappa shape index (κ1) is 11.7. The van der Waals surface area contributed by atoms with E-state index in [1.165, 1.54) is 13.2 Å². The van der Waals surface area contributed by atoms with Gasteiger partial charge in [-0.15, -0.1) is 0 Å². The molecule has 0 amide bonds. The van der Waals surface area contributed by atoms with Crippen molar-refractivity contribution < 1.29 is 18.7 Å². The Balaban J connectivity index is 2.69. The predicted octanol–water partition coefficient (Wildman–Crippen LogP) is 1.94. The SMILES string of the molecule is COCCOC(=O)c1cccc(C)c1F. The Labute approximate surface area is 87.8 Å². The summed E-state index contributed by atoms with van der Waals surface area (Å²) in [5.74, 6) is -1.19. The lowest BCUT2D eigenvalue weighted by molar-refractivity contribution is 0.0383. The van der Waals surface area contributed by atoms with Crippen LogP contribution in [-0.2, 0) is 9.47 Å². The number of methoxy groups -OCH3 is 1. The van der Waals surface area contributed by atoms with Gasteiger partial charge in [-0.25, -0.2) is 9.18 Å². The molecule has 1 aromatic carbocycles. The molecule has 0 radical (unpaired) electrons. The van der Waals surface area contributed by atoms with Gasteiger partial charge in [-0.1, -0.05) is 12.1 Å². The Bertz CT molecular complexity index is 350. The molecule has 82 valence electrons. The normalized spacial score (nSPS) is 10.1. The molecule has 0 unspecified atom stereocenters. The number of ether oxygens (including phenoxy) is 2. The standard InChI is InChI=1S/C11H13FO3/c1-8-4-3-5-9(10(8)12)11(13)15-7-6-14-2/h3-5H,6-7H2,1-2H3. The molecule has 0 aliphatic rings. The van der Waals surface area contributed by atoms with E-state index in [4.69, 9.17) is 9.47 Å². The van der Waals surface area contributed by atoms with E-state index < -0.39 is 11.8 Å². The number of benzene rings is 1. The van der Waals surface area contributed by atoms with Gasteiger partial charge in [0, 0.05) is 7.11 Å². The molecule has 1 rings (SSSR count). The monoisotopic (exact) mass is 212 g/mol. The summed E-state index contributed by atoms with van der Waals surface area (Å²) in [6, 6.07) is 4.62. The van der Waals surface area contributed by atoms with E-state index >= 15 is 0 Å². The van der Waals surface area contributed by atoms with Crippen molar-refractivity contribution in [2.24, 2.45) is 0 Å². The third-order valence-corrected chi connectivity index (χ3v) is 1.93. The summed E-state index contributed by atoms with van der Waals surface area (Å²) in [5.41, 5.74) is 0.391. The third-order valence-electron chi connectivity index (χ3n) is 1.93. The van der Waals surface area contributed by atoms with E-state index in [9.17, 15) is 9.18 Å². The average molecular weight is 212 g/mol. The Kier molecular flexibility index (Phi) is 4.24. The Morgan fingerprint density at radius 1 is 1.40 bits per heavy atom. The first-order valence-corrected chi connectivity index (χ1v) is 4.58. The molecule has 0 saturated heterocycles. The van der Waals surface area contributed by atoms with Crippen LogP contribution < -0.4 is 0 Å². The lowest BCUT2D eigenvalue weighted by Crippen LogP contribution is -2.11. The fourth-order valence-electron chi connectivity index (χ4n) is 1.10. The van der Waals surface area contributed by atoms with Crippen LogP contribution >= 0.6 is 0 Å². The molecule has 0 aromatic heterocycles. The van der Waals surface area contributed by atoms with E-state index in [0.717, 1.165) is 0 Å². The van der Waals surface area contributed by atoms with Crippen molar-refractivity contribution in [2.75, 3.05) is 20.3 Å². The van der Waals surface area contributed by atoms with Crippen molar-refractivity contribution in [1.29, 1.82) is 0 Å². The number of rotatable bonds is 4. The Morgan fingerprint density at radius 3 is 2.80 bits per heavy atom. The molecule has 0 bridgehead atoms. The molecule has 0 fully saturated rings. The molecule has 4 heteroatoms. The number of esters is 1. The van der Waals surface area contributed by atoms with Crippen molar-refractivity contribution in [3.63, 3.8) is 0 Å². The van der Waals surface area contributed by atoms with Gasteiger partial charge in [0.15, 0.2) is 0 Å². The van der Waals surface area contributed by atoms with Crippen molar-refractivity contribution in [1.82, 2.24) is 0 Å². The number of halogens is 1. The first-order valence-electron chi connectivity index (χ1n) is 4.58. The summed E-state index contributed by atoms with van der Waals surface area (Å²) in [6.45, 7) is 2.03. The van der Waals surface area contributed by atoms with Crippen LogP contribution in [0.4, 0.5) is 4.39 Å². The second-order valence-corrected chi connectivity index (χ2v) is 3.07. The van der Waals surface area contributed by atoms with Gasteiger partial charge in [0.25, 0.3) is 0 Å². The predicted molar refractivity (Wildman–Crippen MR) is 53.3 cm³/mol. The van der Waals surface area contributed by atoms with E-state index in [2.05, 4.69) is 0 Å². The number of carbonyl (C=O) groups excluding carboxylic acids is 1. The highest BCUT2D eigenvalue weighted by Crippen LogP contribution is 2.12. The molecule has 1 aromatic rings. The summed E-state index contributed by atoms with van der Waals surface area (Å²) < 4.78 is 22.9. The molecule has 0 N–H and O–H groups in total. The van der Waals surface area contributed by atoms with Gasteiger partial charge in [0.05, 0.1) is 12.2 Å². The highest BCUT2D eigenvalue weighted by Gasteiger charge is 2.13. The molecule has 0 aliphatic carbocycles. The molecule has 0 heterocycles. The van der Waals surface area contributed by atoms with Gasteiger partial charge in [-0.05, 0) is 18.6 Å². The van der Waals surface area contributed by atoms with Crippen LogP contribution in [0.2, 0.25) is 0 Å². The maximum absolute atomic E-state index is 13.4. The van der Waals surface area contributed by atoms with Crippen molar-refractivity contribution in [3.05, 3.63) is 35.1 Å². The molecule has 0 aliphatic heterocycles. The van der Waals surface area contributed by atoms with Gasteiger partial charge in [-0.2, -0.15) is 0 Å². The quantitative estimate of drug-likeness (QED) is 0.565. The lowest BCUT2D eigenvalue weighted by atomic mass is 10.1. The van der Waals surface area contributed by atoms with E-state index in [-0.39, 0.29) is 12.2 Å². The van der Waals surface area contributed by atoms with Crippen LogP contribution in [0.5, 0.6) is 0 Å². The maximum Gasteiger partial charge on any atom is 0.341 e. The van der Waals surface area contributed by atoms with Crippen LogP contribution in [0, 0.1) is 12.7 Å². The molecule has 0 saturated carbocycles. The maximum atomic E-state index is 13.4. The van der Waals surface area contributed by atoms with E-state index in [1.54, 1.807) is 19.1 Å². The second-order valence-electron chi connectivity index (χ2n) is 3.07. The van der Waals surface area contributed by atoms with Gasteiger partial charge in [0.1, 0.15) is 12.4 Å². The zero-order valence-electron chi connectivity index (χ0n) is 8.75. The summed E-state index contributed by atoms with van der Waals surface area (Å²) in [5, 5.41) is 0. The molecular formula is C11H13FO3. The van der Waals surface area contributed by atoms with Gasteiger partial charge >= 0.3 is 5.97 Å². The summed E-state index contributed by atoms with van der Waals surface area (Å²) >= 11 is 0. The number of hydrogen-bond donors (Lipinski definition) is 0. The van der Waals surface area contributed by atoms with Crippen molar-refractivity contribution >= 4 is 5.97 Å². The Hall–Kier alpha value is -1.42. The average Bonchev–Trinajstić information content (AvgIpc) is 2.22. The van der Waals surface area contributed by atoms with Crippen molar-refractivity contribution in [3.8, 4) is 0 Å². The highest BCUT2D eigenvalue weighted by molar-refractivity contribution is 5.89. The van der Waals surface area contributed by atoms with Gasteiger partial charge < -0.3 is 9.47 Å². The van der Waals surface area contributed by atoms with Gasteiger partial charge in [-0.3, -0.25) is 0 Å². The summed E-state index contributed by atoms with van der Waals surface area (Å²) in [4.78, 5) is 11.4. The number of carbonyl (C=O) groups is 1. The van der Waals surface area contributed by atoms with E-state index in [0.29, 0.717) is 12.2 Å². The largest absolute Gasteiger partial charge is 0.460 e.